The normalized spacial score (nSPS) is 16.1. The molecule has 1 aromatic rings. The van der Waals surface area contributed by atoms with Gasteiger partial charge >= 0.3 is 6.09 Å². The summed E-state index contributed by atoms with van der Waals surface area (Å²) in [4.78, 5) is 13.8. The molecule has 1 aromatic carbocycles. The highest BCUT2D eigenvalue weighted by molar-refractivity contribution is 6.76. The van der Waals surface area contributed by atoms with E-state index in [4.69, 9.17) is 4.74 Å². The van der Waals surface area contributed by atoms with Crippen molar-refractivity contribution in [3.8, 4) is 0 Å². The van der Waals surface area contributed by atoms with E-state index in [1.807, 2.05) is 0 Å². The first-order chi connectivity index (χ1) is 11.7. The van der Waals surface area contributed by atoms with Crippen molar-refractivity contribution in [1.29, 1.82) is 0 Å². The van der Waals surface area contributed by atoms with Crippen LogP contribution in [0.25, 0.3) is 0 Å². The summed E-state index contributed by atoms with van der Waals surface area (Å²) in [5, 5.41) is 3.29. The summed E-state index contributed by atoms with van der Waals surface area (Å²) in [7, 11) is -1.20. The van der Waals surface area contributed by atoms with E-state index in [-0.39, 0.29) is 12.1 Å². The van der Waals surface area contributed by atoms with E-state index < -0.39 is 19.7 Å². The maximum Gasteiger partial charge on any atom is 0.409 e. The Bertz CT molecular complexity index is 585. The third kappa shape index (κ3) is 6.74. The molecule has 1 heterocycles. The van der Waals surface area contributed by atoms with E-state index in [1.54, 1.807) is 4.90 Å². The first-order valence-electron chi connectivity index (χ1n) is 8.83. The Kier molecular flexibility index (Phi) is 6.95. The number of likely N-dealkylation sites (tertiary alicyclic amines) is 1. The van der Waals surface area contributed by atoms with E-state index >= 15 is 0 Å². The second kappa shape index (κ2) is 8.76. The zero-order chi connectivity index (χ0) is 18.4. The lowest BCUT2D eigenvalue weighted by Gasteiger charge is -2.32. The van der Waals surface area contributed by atoms with Crippen molar-refractivity contribution in [2.75, 3.05) is 19.7 Å². The Balaban J connectivity index is 1.69. The number of carbonyl (C=O) groups excluding carboxylic acids is 1. The fraction of sp³-hybridized carbons (Fsp3) is 0.611. The largest absolute Gasteiger partial charge is 0.450 e. The van der Waals surface area contributed by atoms with Crippen molar-refractivity contribution in [3.63, 3.8) is 0 Å². The average molecular weight is 371 g/mol. The summed E-state index contributed by atoms with van der Waals surface area (Å²) in [6, 6.07) is 4.81. The quantitative estimate of drug-likeness (QED) is 0.770. The van der Waals surface area contributed by atoms with Gasteiger partial charge in [0.15, 0.2) is 0 Å². The molecular weight excluding hydrogens is 342 g/mol. The second-order valence-corrected chi connectivity index (χ2v) is 13.4. The van der Waals surface area contributed by atoms with Crippen molar-refractivity contribution < 1.29 is 18.3 Å². The Labute approximate surface area is 149 Å². The number of hydrogen-bond donors (Lipinski definition) is 1. The van der Waals surface area contributed by atoms with E-state index in [1.165, 1.54) is 12.1 Å². The summed E-state index contributed by atoms with van der Waals surface area (Å²) < 4.78 is 31.9. The molecule has 0 bridgehead atoms. The number of amides is 1. The predicted molar refractivity (Wildman–Crippen MR) is 97.3 cm³/mol. The lowest BCUT2D eigenvalue weighted by Crippen LogP contribution is -2.45. The third-order valence-corrected chi connectivity index (χ3v) is 6.13. The van der Waals surface area contributed by atoms with Gasteiger partial charge in [0.2, 0.25) is 0 Å². The average Bonchev–Trinajstić information content (AvgIpc) is 2.53. The fourth-order valence-corrected chi connectivity index (χ4v) is 3.44. The smallest absolute Gasteiger partial charge is 0.409 e. The third-order valence-electron chi connectivity index (χ3n) is 4.43. The number of ether oxygens (including phenoxy) is 1. The molecule has 2 rings (SSSR count). The minimum absolute atomic E-state index is 0.218. The summed E-state index contributed by atoms with van der Waals surface area (Å²) in [5.41, 5.74) is 0.453. The molecule has 1 saturated heterocycles. The summed E-state index contributed by atoms with van der Waals surface area (Å²) >= 11 is 0. The van der Waals surface area contributed by atoms with Crippen LogP contribution in [0.15, 0.2) is 18.2 Å². The molecule has 0 aliphatic carbocycles. The van der Waals surface area contributed by atoms with Crippen LogP contribution in [-0.2, 0) is 11.3 Å². The van der Waals surface area contributed by atoms with Gasteiger partial charge in [-0.3, -0.25) is 0 Å². The topological polar surface area (TPSA) is 41.6 Å². The van der Waals surface area contributed by atoms with Gasteiger partial charge in [0.1, 0.15) is 11.6 Å². The molecule has 0 unspecified atom stereocenters. The van der Waals surface area contributed by atoms with Gasteiger partial charge in [0.25, 0.3) is 0 Å². The van der Waals surface area contributed by atoms with E-state index in [2.05, 4.69) is 25.0 Å². The second-order valence-electron chi connectivity index (χ2n) is 7.80. The van der Waals surface area contributed by atoms with Crippen molar-refractivity contribution in [2.24, 2.45) is 0 Å². The number of piperidine rings is 1. The molecule has 1 aliphatic rings. The molecule has 140 valence electrons. The van der Waals surface area contributed by atoms with Crippen molar-refractivity contribution in [1.82, 2.24) is 10.2 Å². The van der Waals surface area contributed by atoms with Crippen LogP contribution in [0.3, 0.4) is 0 Å². The Morgan fingerprint density at radius 3 is 2.56 bits per heavy atom. The zero-order valence-electron chi connectivity index (χ0n) is 15.3. The summed E-state index contributed by atoms with van der Waals surface area (Å²) in [5.74, 6) is -1.10. The highest BCUT2D eigenvalue weighted by Crippen LogP contribution is 2.15. The molecule has 1 amide bonds. The monoisotopic (exact) mass is 370 g/mol. The summed E-state index contributed by atoms with van der Waals surface area (Å²) in [6.45, 7) is 8.88. The molecule has 0 spiro atoms. The molecule has 0 radical (unpaired) electrons. The first kappa shape index (κ1) is 19.8. The molecule has 0 aromatic heterocycles. The molecule has 7 heteroatoms. The first-order valence-corrected chi connectivity index (χ1v) is 12.5. The number of nitrogens with zero attached hydrogens (tertiary/aromatic N) is 1. The van der Waals surface area contributed by atoms with Crippen LogP contribution in [0.4, 0.5) is 13.6 Å². The van der Waals surface area contributed by atoms with Gasteiger partial charge in [-0.25, -0.2) is 13.6 Å². The Morgan fingerprint density at radius 2 is 1.96 bits per heavy atom. The fourth-order valence-electron chi connectivity index (χ4n) is 2.72. The Morgan fingerprint density at radius 1 is 1.28 bits per heavy atom. The lowest BCUT2D eigenvalue weighted by molar-refractivity contribution is 0.0947. The maximum atomic E-state index is 13.6. The van der Waals surface area contributed by atoms with E-state index in [0.717, 1.165) is 25.0 Å². The SMILES string of the molecule is C[Si](C)(C)CCOC(=O)N1CCC(NCc2ccc(F)cc2F)CC1. The highest BCUT2D eigenvalue weighted by Gasteiger charge is 2.24. The molecule has 0 saturated carbocycles. The zero-order valence-corrected chi connectivity index (χ0v) is 16.3. The minimum atomic E-state index is -1.20. The highest BCUT2D eigenvalue weighted by atomic mass is 28.3. The Hall–Kier alpha value is -1.47. The van der Waals surface area contributed by atoms with Crippen LogP contribution in [0, 0.1) is 11.6 Å². The van der Waals surface area contributed by atoms with Crippen molar-refractivity contribution in [3.05, 3.63) is 35.4 Å². The van der Waals surface area contributed by atoms with E-state index in [0.29, 0.717) is 31.8 Å². The van der Waals surface area contributed by atoms with Gasteiger partial charge in [-0.2, -0.15) is 0 Å². The van der Waals surface area contributed by atoms with Gasteiger partial charge in [0, 0.05) is 45.4 Å². The number of halogens is 2. The van der Waals surface area contributed by atoms with Crippen LogP contribution in [0.2, 0.25) is 25.7 Å². The standard InChI is InChI=1S/C18H28F2N2O2Si/c1-25(2,3)11-10-24-18(23)22-8-6-16(7-9-22)21-13-14-4-5-15(19)12-17(14)20/h4-5,12,16,21H,6-11,13H2,1-3H3. The van der Waals surface area contributed by atoms with Crippen molar-refractivity contribution in [2.45, 2.75) is 51.1 Å². The molecule has 1 aliphatic heterocycles. The molecule has 4 nitrogen and oxygen atoms in total. The number of rotatable bonds is 6. The molecular formula is C18H28F2N2O2Si. The molecule has 1 fully saturated rings. The van der Waals surface area contributed by atoms with Gasteiger partial charge in [-0.1, -0.05) is 25.7 Å². The number of carbonyl (C=O) groups is 1. The predicted octanol–water partition coefficient (Wildman–Crippen LogP) is 3.99. The van der Waals surface area contributed by atoms with Gasteiger partial charge in [-0.05, 0) is 25.0 Å². The number of benzene rings is 1. The number of hydrogen-bond acceptors (Lipinski definition) is 3. The summed E-state index contributed by atoms with van der Waals surface area (Å²) in [6.07, 6.45) is 1.36. The van der Waals surface area contributed by atoms with Gasteiger partial charge in [0.05, 0.1) is 6.61 Å². The molecule has 1 N–H and O–H groups in total. The van der Waals surface area contributed by atoms with Gasteiger partial charge < -0.3 is 15.0 Å². The van der Waals surface area contributed by atoms with Gasteiger partial charge in [-0.15, -0.1) is 0 Å². The van der Waals surface area contributed by atoms with Crippen LogP contribution >= 0.6 is 0 Å². The van der Waals surface area contributed by atoms with Crippen LogP contribution in [0.5, 0.6) is 0 Å². The van der Waals surface area contributed by atoms with E-state index in [9.17, 15) is 13.6 Å². The van der Waals surface area contributed by atoms with Crippen LogP contribution < -0.4 is 5.32 Å². The number of nitrogens with one attached hydrogen (secondary N) is 1. The minimum Gasteiger partial charge on any atom is -0.450 e. The van der Waals surface area contributed by atoms with Crippen LogP contribution in [-0.4, -0.2) is 44.8 Å². The van der Waals surface area contributed by atoms with Crippen molar-refractivity contribution >= 4 is 14.2 Å². The maximum absolute atomic E-state index is 13.6. The lowest BCUT2D eigenvalue weighted by atomic mass is 10.0. The van der Waals surface area contributed by atoms with Crippen LogP contribution in [0.1, 0.15) is 18.4 Å². The molecule has 0 atom stereocenters. The molecule has 25 heavy (non-hydrogen) atoms.